The predicted molar refractivity (Wildman–Crippen MR) is 63.3 cm³/mol. The molecule has 0 bridgehead atoms. The number of imidazole rings is 1. The lowest BCUT2D eigenvalue weighted by atomic mass is 10.3. The Morgan fingerprint density at radius 3 is 2.94 bits per heavy atom. The van der Waals surface area contributed by atoms with Gasteiger partial charge in [0.25, 0.3) is 0 Å². The molecule has 3 aromatic heterocycles. The van der Waals surface area contributed by atoms with E-state index in [2.05, 4.69) is 4.98 Å². The summed E-state index contributed by atoms with van der Waals surface area (Å²) in [6.45, 7) is 0. The van der Waals surface area contributed by atoms with Gasteiger partial charge < -0.3 is 4.42 Å². The minimum Gasteiger partial charge on any atom is -0.441 e. The number of halogens is 1. The number of hydrogen-bond donors (Lipinski definition) is 0. The van der Waals surface area contributed by atoms with E-state index in [0.717, 1.165) is 11.8 Å². The molecule has 0 amide bonds. The van der Waals surface area contributed by atoms with Crippen molar-refractivity contribution in [3.8, 4) is 11.6 Å². The van der Waals surface area contributed by atoms with Crippen LogP contribution in [0, 0.1) is 0 Å². The van der Waals surface area contributed by atoms with Gasteiger partial charge in [0.2, 0.25) is 0 Å². The van der Waals surface area contributed by atoms with E-state index in [-0.39, 0.29) is 0 Å². The molecule has 0 unspecified atom stereocenters. The summed E-state index contributed by atoms with van der Waals surface area (Å²) in [6, 6.07) is 6.90. The lowest BCUT2D eigenvalue weighted by Crippen LogP contribution is -1.89. The second kappa shape index (κ2) is 3.75. The van der Waals surface area contributed by atoms with Gasteiger partial charge in [-0.2, -0.15) is 0 Å². The minimum absolute atomic E-state index is 0.321. The van der Waals surface area contributed by atoms with Gasteiger partial charge in [0.05, 0.1) is 11.7 Å². The fourth-order valence-corrected chi connectivity index (χ4v) is 1.85. The van der Waals surface area contributed by atoms with Crippen molar-refractivity contribution in [3.63, 3.8) is 0 Å². The number of aromatic nitrogens is 2. The lowest BCUT2D eigenvalue weighted by Gasteiger charge is -1.98. The van der Waals surface area contributed by atoms with Gasteiger partial charge in [0.15, 0.2) is 16.8 Å². The van der Waals surface area contributed by atoms with Crippen LogP contribution in [0.2, 0.25) is 5.22 Å². The molecule has 3 heterocycles. The van der Waals surface area contributed by atoms with E-state index in [9.17, 15) is 4.79 Å². The Labute approximate surface area is 101 Å². The van der Waals surface area contributed by atoms with Gasteiger partial charge in [-0.05, 0) is 35.9 Å². The van der Waals surface area contributed by atoms with Gasteiger partial charge in [0.1, 0.15) is 6.29 Å². The van der Waals surface area contributed by atoms with Crippen LogP contribution in [0.15, 0.2) is 41.1 Å². The van der Waals surface area contributed by atoms with E-state index < -0.39 is 0 Å². The van der Waals surface area contributed by atoms with Crippen LogP contribution < -0.4 is 0 Å². The Morgan fingerprint density at radius 1 is 1.35 bits per heavy atom. The largest absolute Gasteiger partial charge is 0.441 e. The minimum atomic E-state index is 0.321. The fourth-order valence-electron chi connectivity index (χ4n) is 1.71. The Morgan fingerprint density at radius 2 is 2.24 bits per heavy atom. The number of hydrogen-bond acceptors (Lipinski definition) is 3. The molecule has 4 nitrogen and oxygen atoms in total. The van der Waals surface area contributed by atoms with Crippen LogP contribution in [0.4, 0.5) is 0 Å². The Bertz CT molecular complexity index is 699. The van der Waals surface area contributed by atoms with Crippen LogP contribution in [0.3, 0.4) is 0 Å². The van der Waals surface area contributed by atoms with Gasteiger partial charge in [0, 0.05) is 11.8 Å². The number of furan rings is 1. The first-order valence-electron chi connectivity index (χ1n) is 4.96. The average molecular weight is 247 g/mol. The highest BCUT2D eigenvalue weighted by Crippen LogP contribution is 2.24. The maximum Gasteiger partial charge on any atom is 0.194 e. The molecular weight excluding hydrogens is 240 g/mol. The van der Waals surface area contributed by atoms with E-state index >= 15 is 0 Å². The highest BCUT2D eigenvalue weighted by atomic mass is 35.5. The number of rotatable bonds is 2. The SMILES string of the molecule is O=Cc1ccn2c(-c3ccc(Cl)o3)ncc2c1. The van der Waals surface area contributed by atoms with E-state index in [4.69, 9.17) is 16.0 Å². The number of aldehydes is 1. The van der Waals surface area contributed by atoms with Crippen LogP contribution in [-0.2, 0) is 0 Å². The molecule has 84 valence electrons. The number of fused-ring (bicyclic) bond motifs is 1. The molecule has 5 heteroatoms. The van der Waals surface area contributed by atoms with E-state index in [1.165, 1.54) is 0 Å². The van der Waals surface area contributed by atoms with Gasteiger partial charge in [-0.15, -0.1) is 0 Å². The quantitative estimate of drug-likeness (QED) is 0.653. The van der Waals surface area contributed by atoms with Crippen LogP contribution in [-0.4, -0.2) is 15.7 Å². The van der Waals surface area contributed by atoms with Crippen LogP contribution in [0.5, 0.6) is 0 Å². The molecule has 0 atom stereocenters. The van der Waals surface area contributed by atoms with Crippen LogP contribution in [0.1, 0.15) is 10.4 Å². The zero-order valence-corrected chi connectivity index (χ0v) is 9.39. The smallest absolute Gasteiger partial charge is 0.194 e. The van der Waals surface area contributed by atoms with Crippen LogP contribution >= 0.6 is 11.6 Å². The van der Waals surface area contributed by atoms with Crippen molar-refractivity contribution < 1.29 is 9.21 Å². The first kappa shape index (κ1) is 10.1. The van der Waals surface area contributed by atoms with Crippen molar-refractivity contribution >= 4 is 23.4 Å². The maximum absolute atomic E-state index is 10.7. The zero-order chi connectivity index (χ0) is 11.8. The summed E-state index contributed by atoms with van der Waals surface area (Å²) in [6.07, 6.45) is 4.26. The summed E-state index contributed by atoms with van der Waals surface area (Å²) in [5.41, 5.74) is 1.44. The summed E-state index contributed by atoms with van der Waals surface area (Å²) in [7, 11) is 0. The predicted octanol–water partition coefficient (Wildman–Crippen LogP) is 3.06. The van der Waals surface area contributed by atoms with Gasteiger partial charge in [-0.25, -0.2) is 4.98 Å². The number of carbonyl (C=O) groups excluding carboxylic acids is 1. The topological polar surface area (TPSA) is 47.5 Å². The van der Waals surface area contributed by atoms with E-state index in [1.807, 2.05) is 4.40 Å². The molecule has 3 rings (SSSR count). The fraction of sp³-hybridized carbons (Fsp3) is 0. The van der Waals surface area contributed by atoms with Crippen molar-refractivity contribution in [2.45, 2.75) is 0 Å². The molecule has 0 saturated heterocycles. The van der Waals surface area contributed by atoms with E-state index in [1.54, 1.807) is 36.7 Å². The standard InChI is InChI=1S/C12H7ClN2O2/c13-11-2-1-10(17-11)12-14-6-9-5-8(7-16)3-4-15(9)12/h1-7H. The third-order valence-corrected chi connectivity index (χ3v) is 2.69. The molecule has 0 fully saturated rings. The third kappa shape index (κ3) is 1.62. The average Bonchev–Trinajstić information content (AvgIpc) is 2.93. The van der Waals surface area contributed by atoms with Crippen molar-refractivity contribution in [1.29, 1.82) is 0 Å². The monoisotopic (exact) mass is 246 g/mol. The molecule has 0 aliphatic heterocycles. The molecule has 0 N–H and O–H groups in total. The Kier molecular flexibility index (Phi) is 2.23. The number of carbonyl (C=O) groups is 1. The second-order valence-corrected chi connectivity index (χ2v) is 3.93. The number of nitrogens with zero attached hydrogens (tertiary/aromatic N) is 2. The zero-order valence-electron chi connectivity index (χ0n) is 8.63. The van der Waals surface area contributed by atoms with Gasteiger partial charge in [-0.3, -0.25) is 9.20 Å². The molecule has 3 aromatic rings. The molecule has 17 heavy (non-hydrogen) atoms. The summed E-state index contributed by atoms with van der Waals surface area (Å²) < 4.78 is 7.14. The van der Waals surface area contributed by atoms with Gasteiger partial charge >= 0.3 is 0 Å². The molecular formula is C12H7ClN2O2. The van der Waals surface area contributed by atoms with E-state index in [0.29, 0.717) is 22.4 Å². The Hall–Kier alpha value is -2.07. The molecule has 0 aliphatic carbocycles. The van der Waals surface area contributed by atoms with Crippen LogP contribution in [0.25, 0.3) is 17.1 Å². The van der Waals surface area contributed by atoms with Crippen molar-refractivity contribution in [2.75, 3.05) is 0 Å². The highest BCUT2D eigenvalue weighted by molar-refractivity contribution is 6.28. The first-order chi connectivity index (χ1) is 8.28. The second-order valence-electron chi connectivity index (χ2n) is 3.56. The number of pyridine rings is 1. The Balaban J connectivity index is 2.21. The van der Waals surface area contributed by atoms with Crippen molar-refractivity contribution in [1.82, 2.24) is 9.38 Å². The summed E-state index contributed by atoms with van der Waals surface area (Å²) >= 11 is 5.73. The lowest BCUT2D eigenvalue weighted by molar-refractivity contribution is 0.112. The normalized spacial score (nSPS) is 10.9. The molecule has 0 aliphatic rings. The summed E-state index contributed by atoms with van der Waals surface area (Å²) in [4.78, 5) is 14.9. The van der Waals surface area contributed by atoms with Crippen molar-refractivity contribution in [2.24, 2.45) is 0 Å². The van der Waals surface area contributed by atoms with Crippen molar-refractivity contribution in [3.05, 3.63) is 47.4 Å². The molecule has 0 saturated carbocycles. The molecule has 0 radical (unpaired) electrons. The summed E-state index contributed by atoms with van der Waals surface area (Å²) in [5.74, 6) is 1.25. The summed E-state index contributed by atoms with van der Waals surface area (Å²) in [5, 5.41) is 0.321. The highest BCUT2D eigenvalue weighted by Gasteiger charge is 2.10. The molecule has 0 aromatic carbocycles. The van der Waals surface area contributed by atoms with Gasteiger partial charge in [-0.1, -0.05) is 0 Å². The third-order valence-electron chi connectivity index (χ3n) is 2.49. The molecule has 0 spiro atoms. The first-order valence-corrected chi connectivity index (χ1v) is 5.34. The maximum atomic E-state index is 10.7.